The van der Waals surface area contributed by atoms with E-state index in [-0.39, 0.29) is 0 Å². The van der Waals surface area contributed by atoms with E-state index in [1.807, 2.05) is 6.07 Å². The molecule has 0 fully saturated rings. The lowest BCUT2D eigenvalue weighted by molar-refractivity contribution is -0.144. The van der Waals surface area contributed by atoms with Gasteiger partial charge in [-0.25, -0.2) is 4.79 Å². The minimum atomic E-state index is -0.808. The van der Waals surface area contributed by atoms with Crippen LogP contribution in [0, 0.1) is 0 Å². The van der Waals surface area contributed by atoms with Crippen LogP contribution in [-0.4, -0.2) is 17.6 Å². The van der Waals surface area contributed by atoms with Gasteiger partial charge < -0.3 is 10.5 Å². The number of rotatable bonds is 4. The highest BCUT2D eigenvalue weighted by Crippen LogP contribution is 2.21. The van der Waals surface area contributed by atoms with E-state index in [4.69, 9.17) is 10.5 Å². The summed E-state index contributed by atoms with van der Waals surface area (Å²) in [6, 6.07) is 1.10. The molecule has 0 saturated carbocycles. The number of nitrogens with zero attached hydrogens (tertiary/aromatic N) is 1. The van der Waals surface area contributed by atoms with Crippen LogP contribution >= 0.6 is 38.5 Å². The lowest BCUT2D eigenvalue weighted by atomic mass is 10.1. The molecule has 4 nitrogen and oxygen atoms in total. The summed E-state index contributed by atoms with van der Waals surface area (Å²) in [5, 5.41) is 0. The highest BCUT2D eigenvalue weighted by molar-refractivity contribution is 14.1. The second-order valence-corrected chi connectivity index (χ2v) is 4.74. The van der Waals surface area contributed by atoms with Gasteiger partial charge in [0.25, 0.3) is 0 Å². The molecule has 1 aromatic heterocycles. The molecular weight excluding hydrogens is 387 g/mol. The average molecular weight is 399 g/mol. The molecule has 1 aromatic rings. The first-order valence-electron chi connectivity index (χ1n) is 4.72. The normalized spacial score (nSPS) is 12.2. The van der Waals surface area contributed by atoms with Crippen LogP contribution in [0.15, 0.2) is 16.7 Å². The summed E-state index contributed by atoms with van der Waals surface area (Å²) in [5.74, 6) is -0.441. The zero-order valence-corrected chi connectivity index (χ0v) is 12.5. The Hall–Kier alpha value is -0.210. The lowest BCUT2D eigenvalue weighted by Crippen LogP contribution is -2.25. The van der Waals surface area contributed by atoms with E-state index in [0.717, 1.165) is 14.5 Å². The first-order valence-corrected chi connectivity index (χ1v) is 7.04. The zero-order valence-electron chi connectivity index (χ0n) is 8.74. The van der Waals surface area contributed by atoms with Gasteiger partial charge in [0.15, 0.2) is 0 Å². The average Bonchev–Trinajstić information content (AvgIpc) is 2.28. The number of ether oxygens (including phenoxy) is 1. The predicted octanol–water partition coefficient (Wildman–Crippen LogP) is 2.34. The topological polar surface area (TPSA) is 65.2 Å². The zero-order chi connectivity index (χ0) is 12.1. The smallest absolute Gasteiger partial charge is 0.329 e. The summed E-state index contributed by atoms with van der Waals surface area (Å²) in [7, 11) is 0. The SMILES string of the molecule is CCOC(=O)C(N)c1ncc(Br)cc1CI. The van der Waals surface area contributed by atoms with Crippen molar-refractivity contribution in [2.45, 2.75) is 17.4 Å². The molecule has 1 atom stereocenters. The van der Waals surface area contributed by atoms with Crippen LogP contribution in [0.1, 0.15) is 24.2 Å². The van der Waals surface area contributed by atoms with Crippen LogP contribution in [0.2, 0.25) is 0 Å². The van der Waals surface area contributed by atoms with E-state index in [1.165, 1.54) is 0 Å². The molecule has 1 heterocycles. The first-order chi connectivity index (χ1) is 7.60. The van der Waals surface area contributed by atoms with Crippen LogP contribution in [0.5, 0.6) is 0 Å². The van der Waals surface area contributed by atoms with Gasteiger partial charge in [-0.05, 0) is 34.5 Å². The largest absolute Gasteiger partial charge is 0.465 e. The van der Waals surface area contributed by atoms with E-state index < -0.39 is 12.0 Å². The van der Waals surface area contributed by atoms with Crippen LogP contribution in [-0.2, 0) is 14.0 Å². The number of nitrogens with two attached hydrogens (primary N) is 1. The van der Waals surface area contributed by atoms with E-state index >= 15 is 0 Å². The predicted molar refractivity (Wildman–Crippen MR) is 73.2 cm³/mol. The number of carbonyl (C=O) groups is 1. The third-order valence-electron chi connectivity index (χ3n) is 1.95. The molecule has 0 radical (unpaired) electrons. The summed E-state index contributed by atoms with van der Waals surface area (Å²) in [6.07, 6.45) is 1.63. The van der Waals surface area contributed by atoms with E-state index in [0.29, 0.717) is 12.3 Å². The Bertz CT molecular complexity index is 387. The fourth-order valence-corrected chi connectivity index (χ4v) is 2.21. The molecule has 0 bridgehead atoms. The molecule has 16 heavy (non-hydrogen) atoms. The lowest BCUT2D eigenvalue weighted by Gasteiger charge is -2.13. The highest BCUT2D eigenvalue weighted by Gasteiger charge is 2.21. The summed E-state index contributed by atoms with van der Waals surface area (Å²) in [4.78, 5) is 15.7. The molecular formula is C10H12BrIN2O2. The number of esters is 1. The molecule has 0 aromatic carbocycles. The molecule has 0 amide bonds. The van der Waals surface area contributed by atoms with Gasteiger partial charge in [-0.2, -0.15) is 0 Å². The fraction of sp³-hybridized carbons (Fsp3) is 0.400. The number of pyridine rings is 1. The minimum Gasteiger partial charge on any atom is -0.465 e. The van der Waals surface area contributed by atoms with Gasteiger partial charge in [0.2, 0.25) is 0 Å². The molecule has 1 rings (SSSR count). The standard InChI is InChI=1S/C10H12BrIN2O2/c1-2-16-10(15)8(13)9-6(4-12)3-7(11)5-14-9/h3,5,8H,2,4,13H2,1H3. The van der Waals surface area contributed by atoms with Crippen molar-refractivity contribution in [2.24, 2.45) is 5.73 Å². The Morgan fingerprint density at radius 3 is 3.00 bits per heavy atom. The van der Waals surface area contributed by atoms with Gasteiger partial charge >= 0.3 is 5.97 Å². The van der Waals surface area contributed by atoms with Crippen LogP contribution < -0.4 is 5.73 Å². The summed E-state index contributed by atoms with van der Waals surface area (Å²) in [6.45, 7) is 2.07. The third-order valence-corrected chi connectivity index (χ3v) is 3.20. The maximum Gasteiger partial charge on any atom is 0.329 e. The number of aromatic nitrogens is 1. The number of alkyl halides is 1. The second-order valence-electron chi connectivity index (χ2n) is 3.06. The Kier molecular flexibility index (Phi) is 5.63. The summed E-state index contributed by atoms with van der Waals surface area (Å²) in [5.41, 5.74) is 7.32. The van der Waals surface area contributed by atoms with E-state index in [2.05, 4.69) is 43.5 Å². The molecule has 6 heteroatoms. The van der Waals surface area contributed by atoms with E-state index in [1.54, 1.807) is 13.1 Å². The second kappa shape index (κ2) is 6.51. The number of hydrogen-bond donors (Lipinski definition) is 1. The van der Waals surface area contributed by atoms with Crippen molar-refractivity contribution in [1.29, 1.82) is 0 Å². The van der Waals surface area contributed by atoms with Gasteiger partial charge in [0, 0.05) is 15.1 Å². The maximum absolute atomic E-state index is 11.5. The molecule has 0 saturated heterocycles. The van der Waals surface area contributed by atoms with Crippen LogP contribution in [0.3, 0.4) is 0 Å². The quantitative estimate of drug-likeness (QED) is 0.480. The highest BCUT2D eigenvalue weighted by atomic mass is 127. The van der Waals surface area contributed by atoms with Crippen LogP contribution in [0.4, 0.5) is 0 Å². The van der Waals surface area contributed by atoms with Crippen molar-refractivity contribution in [3.05, 3.63) is 28.0 Å². The van der Waals surface area contributed by atoms with Crippen molar-refractivity contribution in [3.8, 4) is 0 Å². The van der Waals surface area contributed by atoms with Crippen molar-refractivity contribution in [1.82, 2.24) is 4.98 Å². The maximum atomic E-state index is 11.5. The monoisotopic (exact) mass is 398 g/mol. The van der Waals surface area contributed by atoms with Gasteiger partial charge in [-0.3, -0.25) is 4.98 Å². The summed E-state index contributed by atoms with van der Waals surface area (Å²) >= 11 is 5.54. The van der Waals surface area contributed by atoms with Gasteiger partial charge in [-0.15, -0.1) is 0 Å². The molecule has 88 valence electrons. The van der Waals surface area contributed by atoms with Gasteiger partial charge in [-0.1, -0.05) is 22.6 Å². The Morgan fingerprint density at radius 2 is 2.44 bits per heavy atom. The van der Waals surface area contributed by atoms with Gasteiger partial charge in [0.05, 0.1) is 12.3 Å². The van der Waals surface area contributed by atoms with Gasteiger partial charge in [0.1, 0.15) is 6.04 Å². The number of halogens is 2. The van der Waals surface area contributed by atoms with Crippen molar-refractivity contribution < 1.29 is 9.53 Å². The van der Waals surface area contributed by atoms with Crippen LogP contribution in [0.25, 0.3) is 0 Å². The first kappa shape index (κ1) is 13.9. The summed E-state index contributed by atoms with van der Waals surface area (Å²) < 4.78 is 6.49. The Morgan fingerprint density at radius 1 is 1.75 bits per heavy atom. The van der Waals surface area contributed by atoms with Crippen molar-refractivity contribution in [3.63, 3.8) is 0 Å². The molecule has 2 N–H and O–H groups in total. The Balaban J connectivity index is 2.98. The minimum absolute atomic E-state index is 0.322. The third kappa shape index (κ3) is 3.39. The Labute approximate surface area is 116 Å². The van der Waals surface area contributed by atoms with Crippen molar-refractivity contribution in [2.75, 3.05) is 6.61 Å². The molecule has 0 aliphatic carbocycles. The molecule has 0 aliphatic heterocycles. The van der Waals surface area contributed by atoms with Crippen molar-refractivity contribution >= 4 is 44.5 Å². The number of hydrogen-bond acceptors (Lipinski definition) is 4. The molecule has 0 aliphatic rings. The number of carbonyl (C=O) groups excluding carboxylic acids is 1. The van der Waals surface area contributed by atoms with E-state index in [9.17, 15) is 4.79 Å². The fourth-order valence-electron chi connectivity index (χ4n) is 1.22. The molecule has 1 unspecified atom stereocenters. The molecule has 0 spiro atoms.